The fourth-order valence-corrected chi connectivity index (χ4v) is 2.27. The highest BCUT2D eigenvalue weighted by atomic mass is 19.1. The smallest absolute Gasteiger partial charge is 0.186 e. The molecule has 0 saturated carbocycles. The Morgan fingerprint density at radius 1 is 1.13 bits per heavy atom. The summed E-state index contributed by atoms with van der Waals surface area (Å²) >= 11 is 0. The Hall–Kier alpha value is -3.20. The van der Waals surface area contributed by atoms with Gasteiger partial charge in [-0.3, -0.25) is 0 Å². The summed E-state index contributed by atoms with van der Waals surface area (Å²) in [6.45, 7) is 0. The highest BCUT2D eigenvalue weighted by Crippen LogP contribution is 2.19. The Morgan fingerprint density at radius 3 is 2.43 bits per heavy atom. The van der Waals surface area contributed by atoms with Gasteiger partial charge in [0.15, 0.2) is 5.69 Å². The highest BCUT2D eigenvalue weighted by Gasteiger charge is 2.14. The van der Waals surface area contributed by atoms with E-state index in [1.807, 2.05) is 30.3 Å². The van der Waals surface area contributed by atoms with Crippen molar-refractivity contribution in [1.82, 2.24) is 15.0 Å². The maximum atomic E-state index is 13.1. The van der Waals surface area contributed by atoms with Gasteiger partial charge in [0.05, 0.1) is 18.5 Å². The molecule has 5 nitrogen and oxygen atoms in total. The topological polar surface area (TPSA) is 63.7 Å². The van der Waals surface area contributed by atoms with Crippen LogP contribution in [0, 0.1) is 17.1 Å². The molecule has 0 unspecified atom stereocenters. The fraction of sp³-hybridized carbons (Fsp3) is 0.118. The molecule has 6 heteroatoms. The van der Waals surface area contributed by atoms with Crippen molar-refractivity contribution in [2.24, 2.45) is 0 Å². The van der Waals surface area contributed by atoms with E-state index in [1.165, 1.54) is 12.1 Å². The molecule has 2 aromatic carbocycles. The van der Waals surface area contributed by atoms with E-state index in [-0.39, 0.29) is 11.5 Å². The predicted molar refractivity (Wildman–Crippen MR) is 81.8 cm³/mol. The summed E-state index contributed by atoms with van der Waals surface area (Å²) in [6.07, 6.45) is 0.483. The third kappa shape index (κ3) is 3.04. The Bertz CT molecular complexity index is 848. The lowest BCUT2D eigenvalue weighted by atomic mass is 10.1. The van der Waals surface area contributed by atoms with E-state index in [4.69, 9.17) is 4.74 Å². The molecule has 0 amide bonds. The van der Waals surface area contributed by atoms with Gasteiger partial charge in [-0.1, -0.05) is 17.3 Å². The molecule has 0 N–H and O–H groups in total. The van der Waals surface area contributed by atoms with Gasteiger partial charge in [-0.05, 0) is 42.0 Å². The first kappa shape index (κ1) is 14.7. The van der Waals surface area contributed by atoms with Crippen LogP contribution < -0.4 is 4.74 Å². The molecule has 0 bridgehead atoms. The van der Waals surface area contributed by atoms with E-state index < -0.39 is 0 Å². The van der Waals surface area contributed by atoms with Crippen molar-refractivity contribution in [2.75, 3.05) is 7.11 Å². The number of methoxy groups -OCH3 is 1. The molecule has 1 aromatic heterocycles. The van der Waals surface area contributed by atoms with Crippen LogP contribution in [0.15, 0.2) is 48.5 Å². The van der Waals surface area contributed by atoms with Crippen LogP contribution in [-0.4, -0.2) is 22.1 Å². The van der Waals surface area contributed by atoms with Crippen molar-refractivity contribution in [3.05, 3.63) is 71.3 Å². The average molecular weight is 308 g/mol. The molecule has 114 valence electrons. The Labute approximate surface area is 132 Å². The zero-order valence-corrected chi connectivity index (χ0v) is 12.4. The van der Waals surface area contributed by atoms with Gasteiger partial charge in [0.1, 0.15) is 17.6 Å². The van der Waals surface area contributed by atoms with E-state index >= 15 is 0 Å². The van der Waals surface area contributed by atoms with Crippen LogP contribution in [0.1, 0.15) is 17.0 Å². The number of hydrogen-bond acceptors (Lipinski definition) is 4. The third-order valence-electron chi connectivity index (χ3n) is 3.47. The van der Waals surface area contributed by atoms with Crippen LogP contribution in [0.4, 0.5) is 4.39 Å². The van der Waals surface area contributed by atoms with E-state index in [0.29, 0.717) is 17.8 Å². The number of aromatic nitrogens is 3. The van der Waals surface area contributed by atoms with Crippen molar-refractivity contribution >= 4 is 0 Å². The maximum Gasteiger partial charge on any atom is 0.186 e. The number of nitrogens with zero attached hydrogens (tertiary/aromatic N) is 4. The summed E-state index contributed by atoms with van der Waals surface area (Å²) < 4.78 is 19.8. The molecule has 3 aromatic rings. The quantitative estimate of drug-likeness (QED) is 0.743. The largest absolute Gasteiger partial charge is 0.497 e. The van der Waals surface area contributed by atoms with Gasteiger partial charge in [-0.15, -0.1) is 5.10 Å². The van der Waals surface area contributed by atoms with Gasteiger partial charge in [0, 0.05) is 6.42 Å². The van der Waals surface area contributed by atoms with Crippen LogP contribution in [0.5, 0.6) is 5.75 Å². The molecule has 0 saturated heterocycles. The molecule has 0 aliphatic heterocycles. The van der Waals surface area contributed by atoms with Crippen LogP contribution in [0.25, 0.3) is 5.69 Å². The standard InChI is InChI=1S/C17H13FN4O/c1-23-15-8-2-12(3-9-15)10-17-16(11-19)20-21-22(17)14-6-4-13(18)5-7-14/h2-9H,10H2,1H3. The lowest BCUT2D eigenvalue weighted by Crippen LogP contribution is -2.04. The number of nitriles is 1. The number of hydrogen-bond donors (Lipinski definition) is 0. The van der Waals surface area contributed by atoms with Crippen molar-refractivity contribution in [1.29, 1.82) is 5.26 Å². The SMILES string of the molecule is COc1ccc(Cc2c(C#N)nnn2-c2ccc(F)cc2)cc1. The molecule has 23 heavy (non-hydrogen) atoms. The van der Waals surface area contributed by atoms with Crippen LogP contribution >= 0.6 is 0 Å². The summed E-state index contributed by atoms with van der Waals surface area (Å²) in [4.78, 5) is 0. The lowest BCUT2D eigenvalue weighted by Gasteiger charge is -2.07. The second kappa shape index (κ2) is 6.28. The number of benzene rings is 2. The first-order chi connectivity index (χ1) is 11.2. The van der Waals surface area contributed by atoms with Gasteiger partial charge < -0.3 is 4.74 Å². The van der Waals surface area contributed by atoms with Gasteiger partial charge in [-0.2, -0.15) is 5.26 Å². The Morgan fingerprint density at radius 2 is 1.83 bits per heavy atom. The second-order valence-electron chi connectivity index (χ2n) is 4.91. The lowest BCUT2D eigenvalue weighted by molar-refractivity contribution is 0.414. The minimum Gasteiger partial charge on any atom is -0.497 e. The van der Waals surface area contributed by atoms with Crippen LogP contribution in [0.3, 0.4) is 0 Å². The number of rotatable bonds is 4. The van der Waals surface area contributed by atoms with E-state index in [0.717, 1.165) is 11.3 Å². The van der Waals surface area contributed by atoms with Gasteiger partial charge in [-0.25, -0.2) is 9.07 Å². The van der Waals surface area contributed by atoms with E-state index in [2.05, 4.69) is 10.3 Å². The maximum absolute atomic E-state index is 13.1. The monoisotopic (exact) mass is 308 g/mol. The van der Waals surface area contributed by atoms with E-state index in [1.54, 1.807) is 23.9 Å². The molecular weight excluding hydrogens is 295 g/mol. The Kier molecular flexibility index (Phi) is 4.02. The summed E-state index contributed by atoms with van der Waals surface area (Å²) in [5.74, 6) is 0.436. The summed E-state index contributed by atoms with van der Waals surface area (Å²) in [5.41, 5.74) is 2.56. The number of ether oxygens (including phenoxy) is 1. The second-order valence-corrected chi connectivity index (χ2v) is 4.91. The summed E-state index contributed by atoms with van der Waals surface area (Å²) in [7, 11) is 1.61. The van der Waals surface area contributed by atoms with Crippen molar-refractivity contribution in [3.8, 4) is 17.5 Å². The minimum atomic E-state index is -0.328. The molecule has 0 atom stereocenters. The number of halogens is 1. The van der Waals surface area contributed by atoms with Gasteiger partial charge >= 0.3 is 0 Å². The van der Waals surface area contributed by atoms with Gasteiger partial charge in [0.25, 0.3) is 0 Å². The molecule has 1 heterocycles. The fourth-order valence-electron chi connectivity index (χ4n) is 2.27. The van der Waals surface area contributed by atoms with Crippen LogP contribution in [-0.2, 0) is 6.42 Å². The molecule has 0 fully saturated rings. The highest BCUT2D eigenvalue weighted by molar-refractivity contribution is 5.39. The summed E-state index contributed by atoms with van der Waals surface area (Å²) in [5, 5.41) is 17.1. The Balaban J connectivity index is 1.98. The van der Waals surface area contributed by atoms with Crippen molar-refractivity contribution < 1.29 is 9.13 Å². The predicted octanol–water partition coefficient (Wildman–Crippen LogP) is 2.88. The molecule has 3 rings (SSSR count). The molecular formula is C17H13FN4O. The summed E-state index contributed by atoms with van der Waals surface area (Å²) in [6, 6.07) is 15.5. The first-order valence-corrected chi connectivity index (χ1v) is 6.95. The van der Waals surface area contributed by atoms with Gasteiger partial charge in [0.2, 0.25) is 0 Å². The zero-order valence-electron chi connectivity index (χ0n) is 12.4. The van der Waals surface area contributed by atoms with Crippen LogP contribution in [0.2, 0.25) is 0 Å². The minimum absolute atomic E-state index is 0.255. The zero-order chi connectivity index (χ0) is 16.2. The first-order valence-electron chi connectivity index (χ1n) is 6.95. The van der Waals surface area contributed by atoms with E-state index in [9.17, 15) is 9.65 Å². The molecule has 0 aliphatic carbocycles. The molecule has 0 aliphatic rings. The average Bonchev–Trinajstić information content (AvgIpc) is 2.99. The van der Waals surface area contributed by atoms with Crippen molar-refractivity contribution in [2.45, 2.75) is 6.42 Å². The normalized spacial score (nSPS) is 10.3. The third-order valence-corrected chi connectivity index (χ3v) is 3.47. The van der Waals surface area contributed by atoms with Crippen molar-refractivity contribution in [3.63, 3.8) is 0 Å². The molecule has 0 spiro atoms. The molecule has 0 radical (unpaired) electrons.